The van der Waals surface area contributed by atoms with E-state index in [1.54, 1.807) is 30.7 Å². The van der Waals surface area contributed by atoms with Crippen molar-refractivity contribution in [3.05, 3.63) is 89.4 Å². The predicted molar refractivity (Wildman–Crippen MR) is 145 cm³/mol. The number of nitriles is 1. The molecular formula is C28H29N9. The summed E-state index contributed by atoms with van der Waals surface area (Å²) < 4.78 is 0. The average molecular weight is 492 g/mol. The number of aryl methyl sites for hydroxylation is 2. The molecule has 186 valence electrons. The molecule has 3 heterocycles. The lowest BCUT2D eigenvalue weighted by atomic mass is 10.0. The molecule has 9 heteroatoms. The Morgan fingerprint density at radius 3 is 2.24 bits per heavy atom. The standard InChI is InChI=1S/C28H29N9/c1-20-16-23(19-36-12-14-37(15-13-36)28-31-9-3-10-32-28)17-21(2)26(20)34-25-8-11-30-27(35-25)33-24-6-4-22(18-29)5-7-24/h3-11,16-17H,12-15,19H2,1-2H3,(H2,30,33,34,35). The van der Waals surface area contributed by atoms with Crippen molar-refractivity contribution in [3.8, 4) is 6.07 Å². The van der Waals surface area contributed by atoms with Crippen LogP contribution >= 0.6 is 0 Å². The molecule has 9 nitrogen and oxygen atoms in total. The first kappa shape index (κ1) is 24.2. The lowest BCUT2D eigenvalue weighted by Gasteiger charge is -2.34. The van der Waals surface area contributed by atoms with Gasteiger partial charge in [-0.15, -0.1) is 0 Å². The lowest BCUT2D eigenvalue weighted by Crippen LogP contribution is -2.46. The molecule has 1 fully saturated rings. The molecular weight excluding hydrogens is 462 g/mol. The van der Waals surface area contributed by atoms with Gasteiger partial charge >= 0.3 is 0 Å². The summed E-state index contributed by atoms with van der Waals surface area (Å²) in [7, 11) is 0. The number of rotatable bonds is 7. The Hall–Kier alpha value is -4.55. The number of anilines is 5. The summed E-state index contributed by atoms with van der Waals surface area (Å²) in [6, 6.07) is 17.5. The third kappa shape index (κ3) is 6.00. The molecule has 2 N–H and O–H groups in total. The topological polar surface area (TPSA) is 106 Å². The molecule has 0 unspecified atom stereocenters. The SMILES string of the molecule is Cc1cc(CN2CCN(c3ncccn3)CC2)cc(C)c1Nc1ccnc(Nc2ccc(C#N)cc2)n1. The van der Waals surface area contributed by atoms with Crippen LogP contribution in [0.25, 0.3) is 0 Å². The molecule has 0 spiro atoms. The summed E-state index contributed by atoms with van der Waals surface area (Å²) in [4.78, 5) is 22.4. The number of piperazine rings is 1. The van der Waals surface area contributed by atoms with E-state index in [1.807, 2.05) is 24.3 Å². The van der Waals surface area contributed by atoms with Crippen molar-refractivity contribution in [2.24, 2.45) is 0 Å². The first-order valence-electron chi connectivity index (χ1n) is 12.3. The van der Waals surface area contributed by atoms with Gasteiger partial charge in [-0.3, -0.25) is 4.90 Å². The highest BCUT2D eigenvalue weighted by Gasteiger charge is 2.19. The molecule has 0 atom stereocenters. The van der Waals surface area contributed by atoms with Gasteiger partial charge in [-0.1, -0.05) is 12.1 Å². The first-order chi connectivity index (χ1) is 18.1. The van der Waals surface area contributed by atoms with Crippen LogP contribution in [-0.4, -0.2) is 51.0 Å². The number of aromatic nitrogens is 4. The Labute approximate surface area is 216 Å². The lowest BCUT2D eigenvalue weighted by molar-refractivity contribution is 0.248. The summed E-state index contributed by atoms with van der Waals surface area (Å²) in [6.07, 6.45) is 5.31. The minimum atomic E-state index is 0.488. The molecule has 0 bridgehead atoms. The van der Waals surface area contributed by atoms with Gasteiger partial charge in [-0.25, -0.2) is 15.0 Å². The molecule has 2 aromatic heterocycles. The summed E-state index contributed by atoms with van der Waals surface area (Å²) in [5, 5.41) is 15.6. The molecule has 1 saturated heterocycles. The van der Waals surface area contributed by atoms with Gasteiger partial charge in [0.15, 0.2) is 0 Å². The third-order valence-electron chi connectivity index (χ3n) is 6.38. The number of benzene rings is 2. The number of hydrogen-bond donors (Lipinski definition) is 2. The third-order valence-corrected chi connectivity index (χ3v) is 6.38. The molecule has 0 radical (unpaired) electrons. The maximum absolute atomic E-state index is 8.98. The first-order valence-corrected chi connectivity index (χ1v) is 12.3. The van der Waals surface area contributed by atoms with Crippen molar-refractivity contribution in [1.29, 1.82) is 5.26 Å². The Balaban J connectivity index is 1.22. The minimum Gasteiger partial charge on any atom is -0.340 e. The zero-order chi connectivity index (χ0) is 25.6. The normalized spacial score (nSPS) is 13.7. The van der Waals surface area contributed by atoms with Gasteiger partial charge in [-0.2, -0.15) is 10.2 Å². The van der Waals surface area contributed by atoms with Crippen LogP contribution in [-0.2, 0) is 6.54 Å². The molecule has 0 saturated carbocycles. The van der Waals surface area contributed by atoms with Gasteiger partial charge in [0.1, 0.15) is 5.82 Å². The highest BCUT2D eigenvalue weighted by Crippen LogP contribution is 2.27. The predicted octanol–water partition coefficient (Wildman–Crippen LogP) is 4.56. The zero-order valence-electron chi connectivity index (χ0n) is 21.0. The van der Waals surface area contributed by atoms with E-state index >= 15 is 0 Å². The van der Waals surface area contributed by atoms with Crippen LogP contribution in [0.5, 0.6) is 0 Å². The molecule has 5 rings (SSSR count). The van der Waals surface area contributed by atoms with Crippen molar-refractivity contribution in [2.45, 2.75) is 20.4 Å². The molecule has 2 aromatic carbocycles. The zero-order valence-corrected chi connectivity index (χ0v) is 21.0. The fourth-order valence-electron chi connectivity index (χ4n) is 4.53. The van der Waals surface area contributed by atoms with Crippen molar-refractivity contribution < 1.29 is 0 Å². The summed E-state index contributed by atoms with van der Waals surface area (Å²) >= 11 is 0. The smallest absolute Gasteiger partial charge is 0.229 e. The largest absolute Gasteiger partial charge is 0.340 e. The second-order valence-corrected chi connectivity index (χ2v) is 9.12. The van der Waals surface area contributed by atoms with Gasteiger partial charge in [0, 0.05) is 62.7 Å². The van der Waals surface area contributed by atoms with E-state index < -0.39 is 0 Å². The second-order valence-electron chi connectivity index (χ2n) is 9.12. The Kier molecular flexibility index (Phi) is 7.19. The van der Waals surface area contributed by atoms with E-state index in [9.17, 15) is 0 Å². The van der Waals surface area contributed by atoms with E-state index in [-0.39, 0.29) is 0 Å². The van der Waals surface area contributed by atoms with Crippen molar-refractivity contribution in [3.63, 3.8) is 0 Å². The van der Waals surface area contributed by atoms with E-state index in [0.717, 1.165) is 50.0 Å². The monoisotopic (exact) mass is 491 g/mol. The maximum atomic E-state index is 8.98. The average Bonchev–Trinajstić information content (AvgIpc) is 2.92. The summed E-state index contributed by atoms with van der Waals surface area (Å²) in [5.41, 5.74) is 6.14. The summed E-state index contributed by atoms with van der Waals surface area (Å²) in [6.45, 7) is 8.97. The molecule has 0 amide bonds. The van der Waals surface area contributed by atoms with E-state index in [1.165, 1.54) is 16.7 Å². The quantitative estimate of drug-likeness (QED) is 0.385. The van der Waals surface area contributed by atoms with E-state index in [4.69, 9.17) is 5.26 Å². The van der Waals surface area contributed by atoms with Gasteiger partial charge in [-0.05, 0) is 66.9 Å². The van der Waals surface area contributed by atoms with Crippen LogP contribution in [0.3, 0.4) is 0 Å². The fourth-order valence-corrected chi connectivity index (χ4v) is 4.53. The highest BCUT2D eigenvalue weighted by molar-refractivity contribution is 5.66. The highest BCUT2D eigenvalue weighted by atomic mass is 15.3. The maximum Gasteiger partial charge on any atom is 0.229 e. The number of hydrogen-bond acceptors (Lipinski definition) is 9. The van der Waals surface area contributed by atoms with E-state index in [0.29, 0.717) is 17.3 Å². The van der Waals surface area contributed by atoms with Crippen molar-refractivity contribution in [1.82, 2.24) is 24.8 Å². The van der Waals surface area contributed by atoms with Crippen LogP contribution in [0.4, 0.5) is 29.1 Å². The van der Waals surface area contributed by atoms with Gasteiger partial charge < -0.3 is 15.5 Å². The van der Waals surface area contributed by atoms with Crippen LogP contribution in [0.2, 0.25) is 0 Å². The molecule has 4 aromatic rings. The van der Waals surface area contributed by atoms with Crippen LogP contribution in [0.15, 0.2) is 67.1 Å². The number of nitrogens with one attached hydrogen (secondary N) is 2. The number of nitrogens with zero attached hydrogens (tertiary/aromatic N) is 7. The van der Waals surface area contributed by atoms with Gasteiger partial charge in [0.2, 0.25) is 11.9 Å². The summed E-state index contributed by atoms with van der Waals surface area (Å²) in [5.74, 6) is 2.01. The molecule has 0 aliphatic carbocycles. The van der Waals surface area contributed by atoms with Crippen molar-refractivity contribution in [2.75, 3.05) is 41.7 Å². The molecule has 1 aliphatic heterocycles. The van der Waals surface area contributed by atoms with Gasteiger partial charge in [0.05, 0.1) is 11.6 Å². The molecule has 37 heavy (non-hydrogen) atoms. The Bertz CT molecular complexity index is 1370. The van der Waals surface area contributed by atoms with Gasteiger partial charge in [0.25, 0.3) is 0 Å². The Morgan fingerprint density at radius 2 is 1.57 bits per heavy atom. The molecule has 1 aliphatic rings. The minimum absolute atomic E-state index is 0.488. The second kappa shape index (κ2) is 11.0. The van der Waals surface area contributed by atoms with Crippen molar-refractivity contribution >= 4 is 29.1 Å². The van der Waals surface area contributed by atoms with Crippen LogP contribution in [0, 0.1) is 25.2 Å². The van der Waals surface area contributed by atoms with E-state index in [2.05, 4.69) is 72.4 Å². The van der Waals surface area contributed by atoms with Crippen LogP contribution < -0.4 is 15.5 Å². The fraction of sp³-hybridized carbons (Fsp3) is 0.250. The Morgan fingerprint density at radius 1 is 0.865 bits per heavy atom. The van der Waals surface area contributed by atoms with Crippen LogP contribution in [0.1, 0.15) is 22.3 Å².